The number of hydrogen-bond donors (Lipinski definition) is 5. The van der Waals surface area contributed by atoms with Crippen molar-refractivity contribution in [2.45, 2.75) is 17.9 Å². The molecule has 1 aromatic carbocycles. The van der Waals surface area contributed by atoms with Crippen LogP contribution in [0.2, 0.25) is 0 Å². The summed E-state index contributed by atoms with van der Waals surface area (Å²) in [5, 5.41) is 33.2. The second-order valence-corrected chi connectivity index (χ2v) is 5.28. The summed E-state index contributed by atoms with van der Waals surface area (Å²) < 4.78 is 30.2. The predicted molar refractivity (Wildman–Crippen MR) is 68.9 cm³/mol. The number of carbonyl (C=O) groups is 2. The van der Waals surface area contributed by atoms with Crippen LogP contribution in [0.3, 0.4) is 0 Å². The molecule has 0 radical (unpaired) electrons. The number of hydrogen-bond acceptors (Lipinski definition) is 6. The van der Waals surface area contributed by atoms with Gasteiger partial charge < -0.3 is 20.4 Å². The van der Waals surface area contributed by atoms with E-state index in [1.54, 1.807) is 0 Å². The van der Waals surface area contributed by atoms with Crippen molar-refractivity contribution in [3.63, 3.8) is 0 Å². The molecule has 1 unspecified atom stereocenters. The third kappa shape index (κ3) is 6.81. The summed E-state index contributed by atoms with van der Waals surface area (Å²) in [7, 11) is -4.64. The quantitative estimate of drug-likeness (QED) is 0.466. The van der Waals surface area contributed by atoms with E-state index in [4.69, 9.17) is 25.0 Å². The Kier molecular flexibility index (Phi) is 6.95. The van der Waals surface area contributed by atoms with Crippen LogP contribution in [-0.4, -0.2) is 58.0 Å². The first kappa shape index (κ1) is 19.0. The fourth-order valence-corrected chi connectivity index (χ4v) is 1.55. The van der Waals surface area contributed by atoms with Crippen LogP contribution in [0.25, 0.3) is 0 Å². The van der Waals surface area contributed by atoms with E-state index < -0.39 is 44.2 Å². The van der Waals surface area contributed by atoms with E-state index in [9.17, 15) is 18.0 Å². The Balaban J connectivity index is 0.000000690. The van der Waals surface area contributed by atoms with E-state index in [-0.39, 0.29) is 6.61 Å². The molecule has 1 rings (SSSR count). The molecule has 9 nitrogen and oxygen atoms in total. The van der Waals surface area contributed by atoms with Gasteiger partial charge in [-0.15, -0.1) is 0 Å². The number of aromatic carboxylic acids is 2. The van der Waals surface area contributed by atoms with Crippen LogP contribution in [0.5, 0.6) is 0 Å². The molecule has 118 valence electrons. The van der Waals surface area contributed by atoms with Crippen molar-refractivity contribution in [1.82, 2.24) is 0 Å². The Morgan fingerprint density at radius 3 is 1.62 bits per heavy atom. The lowest BCUT2D eigenvalue weighted by molar-refractivity contribution is 0.0696. The molecule has 0 aliphatic carbocycles. The fourth-order valence-electron chi connectivity index (χ4n) is 0.995. The van der Waals surface area contributed by atoms with E-state index in [1.165, 1.54) is 6.92 Å². The lowest BCUT2D eigenvalue weighted by atomic mass is 10.1. The lowest BCUT2D eigenvalue weighted by Gasteiger charge is -2.02. The minimum atomic E-state index is -4.64. The molecule has 1 atom stereocenters. The highest BCUT2D eigenvalue weighted by Crippen LogP contribution is 2.15. The maximum absolute atomic E-state index is 10.8. The predicted octanol–water partition coefficient (Wildman–Crippen LogP) is -0.311. The van der Waals surface area contributed by atoms with Crippen LogP contribution in [-0.2, 0) is 10.1 Å². The van der Waals surface area contributed by atoms with E-state index in [1.807, 2.05) is 0 Å². The third-order valence-electron chi connectivity index (χ3n) is 1.96. The highest BCUT2D eigenvalue weighted by Gasteiger charge is 2.17. The van der Waals surface area contributed by atoms with Gasteiger partial charge in [-0.2, -0.15) is 8.42 Å². The van der Waals surface area contributed by atoms with E-state index >= 15 is 0 Å². The first-order valence-corrected chi connectivity index (χ1v) is 6.81. The smallest absolute Gasteiger partial charge is 0.335 e. The largest absolute Gasteiger partial charge is 0.478 e. The Morgan fingerprint density at radius 2 is 1.43 bits per heavy atom. The standard InChI is InChI=1S/C8H6O7S.C3H8O2/c9-7(10)4-1-5(8(11)12)3-6(2-4)16(13,14)15;1-3(5)2-4/h1-3H,(H,9,10)(H,11,12)(H,13,14,15);3-5H,2H2,1H3. The molecule has 0 fully saturated rings. The van der Waals surface area contributed by atoms with Gasteiger partial charge in [-0.3, -0.25) is 4.55 Å². The van der Waals surface area contributed by atoms with Gasteiger partial charge in [0.1, 0.15) is 0 Å². The average Bonchev–Trinajstić information content (AvgIpc) is 2.37. The highest BCUT2D eigenvalue weighted by atomic mass is 32.2. The first-order valence-electron chi connectivity index (χ1n) is 5.37. The van der Waals surface area contributed by atoms with E-state index in [0.717, 1.165) is 6.07 Å². The minimum Gasteiger partial charge on any atom is -0.478 e. The average molecular weight is 322 g/mol. The molecule has 0 bridgehead atoms. The summed E-state index contributed by atoms with van der Waals surface area (Å²) in [6.07, 6.45) is -0.560. The number of aliphatic hydroxyl groups excluding tert-OH is 2. The van der Waals surface area contributed by atoms with Gasteiger partial charge in [0, 0.05) is 0 Å². The van der Waals surface area contributed by atoms with Crippen LogP contribution in [0.15, 0.2) is 23.1 Å². The molecule has 0 heterocycles. The molecule has 21 heavy (non-hydrogen) atoms. The molecule has 0 spiro atoms. The van der Waals surface area contributed by atoms with Crippen molar-refractivity contribution < 1.29 is 43.0 Å². The van der Waals surface area contributed by atoms with Crippen LogP contribution in [0.1, 0.15) is 27.6 Å². The Labute approximate surface area is 119 Å². The van der Waals surface area contributed by atoms with Crippen LogP contribution in [0.4, 0.5) is 0 Å². The van der Waals surface area contributed by atoms with Gasteiger partial charge in [-0.25, -0.2) is 9.59 Å². The summed E-state index contributed by atoms with van der Waals surface area (Å²) >= 11 is 0. The molecule has 0 amide bonds. The molecule has 0 saturated heterocycles. The molecular formula is C11H14O9S. The monoisotopic (exact) mass is 322 g/mol. The highest BCUT2D eigenvalue weighted by molar-refractivity contribution is 7.85. The zero-order valence-corrected chi connectivity index (χ0v) is 11.6. The van der Waals surface area contributed by atoms with Crippen molar-refractivity contribution in [2.75, 3.05) is 6.61 Å². The maximum atomic E-state index is 10.8. The molecule has 0 saturated carbocycles. The Bertz CT molecular complexity index is 586. The fraction of sp³-hybridized carbons (Fsp3) is 0.273. The van der Waals surface area contributed by atoms with Gasteiger partial charge in [-0.1, -0.05) is 0 Å². The molecule has 5 N–H and O–H groups in total. The Morgan fingerprint density at radius 1 is 1.10 bits per heavy atom. The first-order chi connectivity index (χ1) is 9.48. The summed E-state index contributed by atoms with van der Waals surface area (Å²) in [6, 6.07) is 2.13. The summed E-state index contributed by atoms with van der Waals surface area (Å²) in [4.78, 5) is 20.4. The van der Waals surface area contributed by atoms with Gasteiger partial charge >= 0.3 is 11.9 Å². The van der Waals surface area contributed by atoms with Crippen molar-refractivity contribution in [3.05, 3.63) is 29.3 Å². The minimum absolute atomic E-state index is 0.139. The second-order valence-electron chi connectivity index (χ2n) is 3.86. The number of carboxylic acid groups (broad SMARTS) is 2. The molecular weight excluding hydrogens is 308 g/mol. The van der Waals surface area contributed by atoms with Crippen LogP contribution in [0, 0.1) is 0 Å². The molecule has 1 aromatic rings. The van der Waals surface area contributed by atoms with E-state index in [2.05, 4.69) is 0 Å². The maximum Gasteiger partial charge on any atom is 0.335 e. The number of aliphatic hydroxyl groups is 2. The molecule has 0 aromatic heterocycles. The second kappa shape index (κ2) is 7.69. The van der Waals surface area contributed by atoms with Crippen LogP contribution >= 0.6 is 0 Å². The van der Waals surface area contributed by atoms with Gasteiger partial charge in [0.05, 0.1) is 28.7 Å². The molecule has 0 aliphatic rings. The van der Waals surface area contributed by atoms with Gasteiger partial charge in [-0.05, 0) is 25.1 Å². The topological polar surface area (TPSA) is 169 Å². The number of rotatable bonds is 4. The van der Waals surface area contributed by atoms with Crippen molar-refractivity contribution in [2.24, 2.45) is 0 Å². The van der Waals surface area contributed by atoms with Crippen molar-refractivity contribution >= 4 is 22.1 Å². The number of benzene rings is 1. The molecule has 0 aliphatic heterocycles. The number of carboxylic acids is 2. The third-order valence-corrected chi connectivity index (χ3v) is 2.79. The van der Waals surface area contributed by atoms with E-state index in [0.29, 0.717) is 12.1 Å². The summed E-state index contributed by atoms with van der Waals surface area (Å²) in [6.45, 7) is 1.39. The normalized spacial score (nSPS) is 12.0. The Hall–Kier alpha value is -2.01. The van der Waals surface area contributed by atoms with Crippen LogP contribution < -0.4 is 0 Å². The van der Waals surface area contributed by atoms with Gasteiger partial charge in [0.15, 0.2) is 0 Å². The zero-order chi connectivity index (χ0) is 16.8. The summed E-state index contributed by atoms with van der Waals surface area (Å²) in [5.41, 5.74) is -1.07. The van der Waals surface area contributed by atoms with Crippen molar-refractivity contribution in [3.8, 4) is 0 Å². The SMILES string of the molecule is CC(O)CO.O=C(O)c1cc(C(=O)O)cc(S(=O)(=O)O)c1. The zero-order valence-electron chi connectivity index (χ0n) is 10.8. The van der Waals surface area contributed by atoms with Gasteiger partial charge in [0.2, 0.25) is 0 Å². The molecule has 10 heteroatoms. The van der Waals surface area contributed by atoms with Crippen molar-refractivity contribution in [1.29, 1.82) is 0 Å². The van der Waals surface area contributed by atoms with Gasteiger partial charge in [0.25, 0.3) is 10.1 Å². The summed E-state index contributed by atoms with van der Waals surface area (Å²) in [5.74, 6) is -2.99. The lowest BCUT2D eigenvalue weighted by Crippen LogP contribution is -2.07.